The van der Waals surface area contributed by atoms with E-state index >= 15 is 0 Å². The fourth-order valence-corrected chi connectivity index (χ4v) is 5.81. The smallest absolute Gasteiger partial charge is 0.266 e. The number of carbonyl (C=O) groups excluding carboxylic acids is 1. The van der Waals surface area contributed by atoms with Crippen molar-refractivity contribution >= 4 is 33.4 Å². The molecule has 2 unspecified atom stereocenters. The summed E-state index contributed by atoms with van der Waals surface area (Å²) in [5.41, 5.74) is 3.10. The van der Waals surface area contributed by atoms with Gasteiger partial charge in [0, 0.05) is 62.1 Å². The minimum atomic E-state index is -4.18. The molecule has 2 heterocycles. The van der Waals surface area contributed by atoms with Crippen molar-refractivity contribution in [1.29, 1.82) is 0 Å². The van der Waals surface area contributed by atoms with Gasteiger partial charge in [0.2, 0.25) is 5.91 Å². The first kappa shape index (κ1) is 27.7. The van der Waals surface area contributed by atoms with Crippen molar-refractivity contribution in [2.75, 3.05) is 63.1 Å². The molecule has 1 fully saturated rings. The standard InChI is InChI=1S/C25H34ClN5O5S/c1-18-2-7-22-23(18)24(28-17-27-22)30-8-10-31(11-9-30)25(33)21(19-3-5-20(26)6-4-19)16-29(12-14-32)13-15-37(34,35)36/h3-6,17-18,21,32H,2,7-16H2,1H3,(H,34,35,36). The number of piperazine rings is 1. The molecule has 1 saturated heterocycles. The molecule has 0 radical (unpaired) electrons. The molecule has 1 aliphatic carbocycles. The van der Waals surface area contributed by atoms with Crippen molar-refractivity contribution in [1.82, 2.24) is 19.8 Å². The maximum absolute atomic E-state index is 13.8. The van der Waals surface area contributed by atoms with Crippen LogP contribution in [0.5, 0.6) is 0 Å². The Morgan fingerprint density at radius 3 is 2.51 bits per heavy atom. The van der Waals surface area contributed by atoms with Crippen LogP contribution in [0.2, 0.25) is 5.02 Å². The van der Waals surface area contributed by atoms with Crippen molar-refractivity contribution in [3.8, 4) is 0 Å². The van der Waals surface area contributed by atoms with Crippen molar-refractivity contribution in [3.63, 3.8) is 0 Å². The molecule has 2 atom stereocenters. The molecule has 2 aliphatic rings. The van der Waals surface area contributed by atoms with E-state index in [1.807, 2.05) is 4.90 Å². The van der Waals surface area contributed by atoms with E-state index in [9.17, 15) is 22.9 Å². The lowest BCUT2D eigenvalue weighted by atomic mass is 9.96. The molecule has 10 nitrogen and oxygen atoms in total. The van der Waals surface area contributed by atoms with Gasteiger partial charge >= 0.3 is 0 Å². The highest BCUT2D eigenvalue weighted by Gasteiger charge is 2.33. The normalized spacial score (nSPS) is 18.8. The number of aryl methyl sites for hydroxylation is 1. The zero-order chi connectivity index (χ0) is 26.6. The van der Waals surface area contributed by atoms with Gasteiger partial charge in [-0.1, -0.05) is 30.7 Å². The first-order chi connectivity index (χ1) is 17.7. The number of carbonyl (C=O) groups is 1. The van der Waals surface area contributed by atoms with Gasteiger partial charge in [0.25, 0.3) is 10.1 Å². The van der Waals surface area contributed by atoms with Gasteiger partial charge in [-0.2, -0.15) is 8.42 Å². The van der Waals surface area contributed by atoms with Gasteiger partial charge in [-0.25, -0.2) is 9.97 Å². The van der Waals surface area contributed by atoms with Crippen LogP contribution < -0.4 is 4.90 Å². The van der Waals surface area contributed by atoms with Crippen molar-refractivity contribution < 1.29 is 22.9 Å². The second-order valence-electron chi connectivity index (χ2n) is 9.72. The molecule has 1 aliphatic heterocycles. The molecule has 1 aromatic heterocycles. The number of hydrogen-bond acceptors (Lipinski definition) is 8. The highest BCUT2D eigenvalue weighted by atomic mass is 35.5. The fraction of sp³-hybridized carbons (Fsp3) is 0.560. The average molecular weight is 552 g/mol. The molecular formula is C25H34ClN5O5S. The van der Waals surface area contributed by atoms with Crippen LogP contribution in [0, 0.1) is 0 Å². The third kappa shape index (κ3) is 6.97. The lowest BCUT2D eigenvalue weighted by Gasteiger charge is -2.38. The average Bonchev–Trinajstić information content (AvgIpc) is 3.26. The summed E-state index contributed by atoms with van der Waals surface area (Å²) in [6.45, 7) is 4.74. The van der Waals surface area contributed by atoms with Gasteiger partial charge in [0.05, 0.1) is 18.3 Å². The highest BCUT2D eigenvalue weighted by molar-refractivity contribution is 7.85. The van der Waals surface area contributed by atoms with E-state index < -0.39 is 21.8 Å². The van der Waals surface area contributed by atoms with Crippen LogP contribution in [0.25, 0.3) is 0 Å². The van der Waals surface area contributed by atoms with E-state index in [0.29, 0.717) is 37.1 Å². The Kier molecular flexibility index (Phi) is 9.02. The van der Waals surface area contributed by atoms with E-state index in [4.69, 9.17) is 11.6 Å². The maximum atomic E-state index is 13.8. The lowest BCUT2D eigenvalue weighted by Crippen LogP contribution is -2.51. The molecular weight excluding hydrogens is 518 g/mol. The topological polar surface area (TPSA) is 127 Å². The molecule has 4 rings (SSSR count). The summed E-state index contributed by atoms with van der Waals surface area (Å²) in [6, 6.07) is 7.04. The van der Waals surface area contributed by atoms with Gasteiger partial charge < -0.3 is 14.9 Å². The van der Waals surface area contributed by atoms with Gasteiger partial charge in [-0.05, 0) is 36.5 Å². The van der Waals surface area contributed by atoms with Gasteiger partial charge in [-0.15, -0.1) is 0 Å². The number of hydrogen-bond donors (Lipinski definition) is 2. The number of aliphatic hydroxyl groups is 1. The summed E-state index contributed by atoms with van der Waals surface area (Å²) >= 11 is 6.08. The van der Waals surface area contributed by atoms with Gasteiger partial charge in [0.1, 0.15) is 12.1 Å². The number of benzene rings is 1. The summed E-state index contributed by atoms with van der Waals surface area (Å²) < 4.78 is 31.8. The molecule has 1 amide bonds. The van der Waals surface area contributed by atoms with E-state index in [1.165, 1.54) is 5.56 Å². The Balaban J connectivity index is 1.49. The van der Waals surface area contributed by atoms with Crippen LogP contribution in [0.1, 0.15) is 42.0 Å². The van der Waals surface area contributed by atoms with Gasteiger partial charge in [0.15, 0.2) is 0 Å². The second-order valence-corrected chi connectivity index (χ2v) is 11.7. The summed E-state index contributed by atoms with van der Waals surface area (Å²) in [6.07, 6.45) is 3.67. The Labute approximate surface area is 223 Å². The van der Waals surface area contributed by atoms with Crippen LogP contribution in [-0.4, -0.2) is 102 Å². The fourth-order valence-electron chi connectivity index (χ4n) is 5.19. The van der Waals surface area contributed by atoms with E-state index in [2.05, 4.69) is 21.8 Å². The summed E-state index contributed by atoms with van der Waals surface area (Å²) in [5, 5.41) is 10.1. The molecule has 0 spiro atoms. The first-order valence-corrected chi connectivity index (χ1v) is 14.6. The third-order valence-corrected chi connectivity index (χ3v) is 8.19. The molecule has 1 aromatic carbocycles. The number of halogens is 1. The van der Waals surface area contributed by atoms with Crippen molar-refractivity contribution in [3.05, 3.63) is 52.4 Å². The number of aromatic nitrogens is 2. The lowest BCUT2D eigenvalue weighted by molar-refractivity contribution is -0.133. The van der Waals surface area contributed by atoms with E-state index in [1.54, 1.807) is 35.5 Å². The molecule has 37 heavy (non-hydrogen) atoms. The van der Waals surface area contributed by atoms with E-state index in [0.717, 1.165) is 29.9 Å². The number of rotatable bonds is 10. The Hall–Kier alpha value is -2.31. The number of amides is 1. The summed E-state index contributed by atoms with van der Waals surface area (Å²) in [7, 11) is -4.18. The predicted octanol–water partition coefficient (Wildman–Crippen LogP) is 1.79. The monoisotopic (exact) mass is 551 g/mol. The third-order valence-electron chi connectivity index (χ3n) is 7.24. The minimum Gasteiger partial charge on any atom is -0.395 e. The Morgan fingerprint density at radius 1 is 1.16 bits per heavy atom. The SMILES string of the molecule is CC1CCc2ncnc(N3CCN(C(=O)C(CN(CCO)CCS(=O)(=O)O)c4ccc(Cl)cc4)CC3)c21. The molecule has 2 aromatic rings. The molecule has 0 saturated carbocycles. The second kappa shape index (κ2) is 12.0. The number of fused-ring (bicyclic) bond motifs is 1. The van der Waals surface area contributed by atoms with E-state index in [-0.39, 0.29) is 32.1 Å². The zero-order valence-electron chi connectivity index (χ0n) is 21.0. The van der Waals surface area contributed by atoms with Crippen molar-refractivity contribution in [2.24, 2.45) is 0 Å². The van der Waals surface area contributed by atoms with Crippen LogP contribution in [-0.2, 0) is 21.3 Å². The quantitative estimate of drug-likeness (QED) is 0.425. The molecule has 2 N–H and O–H groups in total. The van der Waals surface area contributed by atoms with Crippen LogP contribution >= 0.6 is 11.6 Å². The molecule has 0 bridgehead atoms. The molecule has 12 heteroatoms. The first-order valence-electron chi connectivity index (χ1n) is 12.6. The summed E-state index contributed by atoms with van der Waals surface area (Å²) in [4.78, 5) is 28.6. The Morgan fingerprint density at radius 2 is 1.86 bits per heavy atom. The number of anilines is 1. The Bertz CT molecular complexity index is 1190. The van der Waals surface area contributed by atoms with Crippen LogP contribution in [0.4, 0.5) is 5.82 Å². The predicted molar refractivity (Wildman–Crippen MR) is 142 cm³/mol. The van der Waals surface area contributed by atoms with Gasteiger partial charge in [-0.3, -0.25) is 14.2 Å². The zero-order valence-corrected chi connectivity index (χ0v) is 22.5. The van der Waals surface area contributed by atoms with Crippen LogP contribution in [0.3, 0.4) is 0 Å². The number of aliphatic hydroxyl groups excluding tert-OH is 1. The summed E-state index contributed by atoms with van der Waals surface area (Å²) in [5.74, 6) is 0.253. The molecule has 202 valence electrons. The largest absolute Gasteiger partial charge is 0.395 e. The highest BCUT2D eigenvalue weighted by Crippen LogP contribution is 2.37. The minimum absolute atomic E-state index is 0.00154. The van der Waals surface area contributed by atoms with Crippen LogP contribution in [0.15, 0.2) is 30.6 Å². The number of nitrogens with zero attached hydrogens (tertiary/aromatic N) is 5. The maximum Gasteiger partial charge on any atom is 0.266 e. The van der Waals surface area contributed by atoms with Crippen molar-refractivity contribution in [2.45, 2.75) is 31.6 Å².